The monoisotopic (exact) mass is 433 g/mol. The molecule has 2 aliphatic heterocycles. The van der Waals surface area contributed by atoms with Gasteiger partial charge in [0.15, 0.2) is 10.9 Å². The highest BCUT2D eigenvalue weighted by atomic mass is 32.1. The van der Waals surface area contributed by atoms with Gasteiger partial charge in [0.2, 0.25) is 0 Å². The molecule has 3 heterocycles. The largest absolute Gasteiger partial charge is 0.497 e. The molecule has 0 unspecified atom stereocenters. The zero-order valence-corrected chi connectivity index (χ0v) is 17.6. The molecule has 2 saturated heterocycles. The number of ether oxygens (including phenoxy) is 4. The van der Waals surface area contributed by atoms with Crippen LogP contribution in [0.2, 0.25) is 0 Å². The van der Waals surface area contributed by atoms with Gasteiger partial charge in [-0.2, -0.15) is 0 Å². The number of likely N-dealkylation sites (tertiary alicyclic amines) is 1. The van der Waals surface area contributed by atoms with Gasteiger partial charge in [0.1, 0.15) is 17.2 Å². The van der Waals surface area contributed by atoms with E-state index in [1.165, 1.54) is 25.6 Å². The summed E-state index contributed by atoms with van der Waals surface area (Å²) in [5.41, 5.74) is 0.676. The average Bonchev–Trinajstić information content (AvgIpc) is 3.43. The second kappa shape index (κ2) is 8.58. The van der Waals surface area contributed by atoms with Gasteiger partial charge >= 0.3 is 0 Å². The Hall–Kier alpha value is -2.69. The minimum Gasteiger partial charge on any atom is -0.497 e. The van der Waals surface area contributed by atoms with E-state index in [0.717, 1.165) is 0 Å². The molecule has 2 aliphatic rings. The van der Waals surface area contributed by atoms with Crippen LogP contribution in [-0.4, -0.2) is 68.0 Å². The molecule has 0 radical (unpaired) electrons. The second-order valence-electron chi connectivity index (χ2n) is 6.99. The fourth-order valence-electron chi connectivity index (χ4n) is 3.54. The van der Waals surface area contributed by atoms with Crippen LogP contribution in [0.1, 0.15) is 33.7 Å². The lowest BCUT2D eigenvalue weighted by molar-refractivity contribution is -0.181. The molecule has 2 aromatic rings. The average molecular weight is 433 g/mol. The van der Waals surface area contributed by atoms with Gasteiger partial charge in [-0.3, -0.25) is 14.9 Å². The number of carbonyl (C=O) groups excluding carboxylic acids is 2. The summed E-state index contributed by atoms with van der Waals surface area (Å²) in [6, 6.07) is 4.89. The highest BCUT2D eigenvalue weighted by molar-refractivity contribution is 7.14. The van der Waals surface area contributed by atoms with E-state index < -0.39 is 5.79 Å². The van der Waals surface area contributed by atoms with Gasteiger partial charge in [-0.1, -0.05) is 0 Å². The van der Waals surface area contributed by atoms with Crippen LogP contribution in [-0.2, 0) is 9.47 Å². The first-order chi connectivity index (χ1) is 14.5. The first-order valence-electron chi connectivity index (χ1n) is 9.59. The summed E-state index contributed by atoms with van der Waals surface area (Å²) in [6.45, 7) is 2.29. The molecular formula is C20H23N3O6S. The standard InChI is InChI=1S/C20H23N3O6S/c1-26-14-9-13(10-15(11-14)27-2)17(24)22-19-21-16(12-30-19)18(25)23-5-3-20(4-6-23)28-7-8-29-20/h9-12H,3-8H2,1-2H3,(H,21,22,24). The third-order valence-corrected chi connectivity index (χ3v) is 5.94. The Labute approximate surface area is 177 Å². The maximum atomic E-state index is 12.8. The summed E-state index contributed by atoms with van der Waals surface area (Å²) in [5.74, 6) is -0.0469. The number of thiazole rings is 1. The number of amides is 2. The van der Waals surface area contributed by atoms with E-state index in [4.69, 9.17) is 18.9 Å². The van der Waals surface area contributed by atoms with Crippen molar-refractivity contribution < 1.29 is 28.5 Å². The first kappa shape index (κ1) is 20.6. The molecule has 0 saturated carbocycles. The third-order valence-electron chi connectivity index (χ3n) is 5.18. The van der Waals surface area contributed by atoms with Crippen molar-refractivity contribution in [2.75, 3.05) is 45.8 Å². The summed E-state index contributed by atoms with van der Waals surface area (Å²) in [4.78, 5) is 31.4. The Morgan fingerprint density at radius 2 is 1.73 bits per heavy atom. The maximum absolute atomic E-state index is 12.8. The van der Waals surface area contributed by atoms with Crippen molar-refractivity contribution in [3.05, 3.63) is 34.8 Å². The molecule has 1 aromatic heterocycles. The van der Waals surface area contributed by atoms with E-state index in [9.17, 15) is 9.59 Å². The summed E-state index contributed by atoms with van der Waals surface area (Å²) >= 11 is 1.20. The van der Waals surface area contributed by atoms with Crippen LogP contribution in [0.3, 0.4) is 0 Å². The van der Waals surface area contributed by atoms with Crippen LogP contribution >= 0.6 is 11.3 Å². The smallest absolute Gasteiger partial charge is 0.273 e. The number of benzene rings is 1. The Morgan fingerprint density at radius 1 is 1.10 bits per heavy atom. The van der Waals surface area contributed by atoms with Gasteiger partial charge in [-0.25, -0.2) is 4.98 Å². The van der Waals surface area contributed by atoms with E-state index >= 15 is 0 Å². The van der Waals surface area contributed by atoms with Gasteiger partial charge in [0.05, 0.1) is 27.4 Å². The number of piperidine rings is 1. The van der Waals surface area contributed by atoms with Crippen LogP contribution in [0, 0.1) is 0 Å². The van der Waals surface area contributed by atoms with Crippen LogP contribution in [0.15, 0.2) is 23.6 Å². The summed E-state index contributed by atoms with van der Waals surface area (Å²) in [5, 5.41) is 4.72. The van der Waals surface area contributed by atoms with E-state index in [1.807, 2.05) is 0 Å². The van der Waals surface area contributed by atoms with Gasteiger partial charge in [-0.15, -0.1) is 11.3 Å². The van der Waals surface area contributed by atoms with Crippen molar-refractivity contribution in [1.29, 1.82) is 0 Å². The molecule has 0 bridgehead atoms. The Balaban J connectivity index is 1.39. The quantitative estimate of drug-likeness (QED) is 0.773. The zero-order chi connectivity index (χ0) is 21.1. The highest BCUT2D eigenvalue weighted by Gasteiger charge is 2.41. The number of rotatable bonds is 5. The minimum atomic E-state index is -0.532. The third kappa shape index (κ3) is 4.25. The maximum Gasteiger partial charge on any atom is 0.273 e. The number of hydrogen-bond donors (Lipinski definition) is 1. The summed E-state index contributed by atoms with van der Waals surface area (Å²) < 4.78 is 21.8. The molecule has 4 rings (SSSR count). The molecule has 0 aliphatic carbocycles. The predicted octanol–water partition coefficient (Wildman–Crippen LogP) is 2.39. The normalized spacial score (nSPS) is 17.7. The van der Waals surface area contributed by atoms with E-state index in [0.29, 0.717) is 67.0 Å². The fourth-order valence-corrected chi connectivity index (χ4v) is 4.21. The number of nitrogens with zero attached hydrogens (tertiary/aromatic N) is 2. The van der Waals surface area contributed by atoms with Crippen LogP contribution in [0.4, 0.5) is 5.13 Å². The number of methoxy groups -OCH3 is 2. The Bertz CT molecular complexity index is 908. The van der Waals surface area contributed by atoms with Gasteiger partial charge < -0.3 is 23.8 Å². The zero-order valence-electron chi connectivity index (χ0n) is 16.8. The number of aromatic nitrogens is 1. The van der Waals surface area contributed by atoms with Crippen LogP contribution < -0.4 is 14.8 Å². The topological polar surface area (TPSA) is 99.2 Å². The summed E-state index contributed by atoms with van der Waals surface area (Å²) in [6.07, 6.45) is 1.29. The lowest BCUT2D eigenvalue weighted by atomic mass is 10.0. The number of anilines is 1. The van der Waals surface area contributed by atoms with E-state index in [2.05, 4.69) is 10.3 Å². The lowest BCUT2D eigenvalue weighted by Gasteiger charge is -2.37. The molecule has 1 N–H and O–H groups in total. The van der Waals surface area contributed by atoms with Crippen molar-refractivity contribution in [3.63, 3.8) is 0 Å². The van der Waals surface area contributed by atoms with E-state index in [-0.39, 0.29) is 11.8 Å². The van der Waals surface area contributed by atoms with Gasteiger partial charge in [-0.05, 0) is 12.1 Å². The Morgan fingerprint density at radius 3 is 2.33 bits per heavy atom. The SMILES string of the molecule is COc1cc(OC)cc(C(=O)Nc2nc(C(=O)N3CCC4(CC3)OCCO4)cs2)c1. The fraction of sp³-hybridized carbons (Fsp3) is 0.450. The second-order valence-corrected chi connectivity index (χ2v) is 7.85. The predicted molar refractivity (Wildman–Crippen MR) is 109 cm³/mol. The van der Waals surface area contributed by atoms with Crippen molar-refractivity contribution in [1.82, 2.24) is 9.88 Å². The Kier molecular flexibility index (Phi) is 5.89. The highest BCUT2D eigenvalue weighted by Crippen LogP contribution is 2.32. The molecule has 1 spiro atoms. The lowest BCUT2D eigenvalue weighted by Crippen LogP contribution is -2.47. The number of hydrogen-bond acceptors (Lipinski definition) is 8. The number of nitrogens with one attached hydrogen (secondary N) is 1. The van der Waals surface area contributed by atoms with Crippen molar-refractivity contribution in [2.45, 2.75) is 18.6 Å². The molecule has 9 nitrogen and oxygen atoms in total. The van der Waals surface area contributed by atoms with Crippen LogP contribution in [0.5, 0.6) is 11.5 Å². The van der Waals surface area contributed by atoms with Crippen molar-refractivity contribution >= 4 is 28.3 Å². The van der Waals surface area contributed by atoms with Gasteiger partial charge in [0.25, 0.3) is 11.8 Å². The number of carbonyl (C=O) groups is 2. The molecule has 0 atom stereocenters. The molecule has 2 fully saturated rings. The summed E-state index contributed by atoms with van der Waals surface area (Å²) in [7, 11) is 3.03. The van der Waals surface area contributed by atoms with Crippen molar-refractivity contribution in [3.8, 4) is 11.5 Å². The first-order valence-corrected chi connectivity index (χ1v) is 10.5. The van der Waals surface area contributed by atoms with E-state index in [1.54, 1.807) is 28.5 Å². The van der Waals surface area contributed by atoms with Crippen molar-refractivity contribution in [2.24, 2.45) is 0 Å². The van der Waals surface area contributed by atoms with Gasteiger partial charge in [0, 0.05) is 42.9 Å². The molecule has 30 heavy (non-hydrogen) atoms. The molecular weight excluding hydrogens is 410 g/mol. The minimum absolute atomic E-state index is 0.164. The molecule has 10 heteroatoms. The molecule has 2 amide bonds. The molecule has 160 valence electrons. The van der Waals surface area contributed by atoms with Crippen LogP contribution in [0.25, 0.3) is 0 Å². The molecule has 1 aromatic carbocycles.